The predicted octanol–water partition coefficient (Wildman–Crippen LogP) is -2.53. The molecule has 2 heterocycles. The molecule has 4 N–H and O–H groups in total. The van der Waals surface area contributed by atoms with Gasteiger partial charge in [0.05, 0.1) is 37.0 Å². The Morgan fingerprint density at radius 3 is 2.43 bits per heavy atom. The van der Waals surface area contributed by atoms with Crippen molar-refractivity contribution in [2.24, 2.45) is 0 Å². The topological polar surface area (TPSA) is 84.2 Å². The summed E-state index contributed by atoms with van der Waals surface area (Å²) in [5.74, 6) is 0. The maximum atomic E-state index is 13.4. The fraction of sp³-hybridized carbons (Fsp3) is 1.00. The number of hydrogen-bond acceptors (Lipinski definition) is 5. The molecule has 6 atom stereocenters. The average Bonchev–Trinajstić information content (AvgIpc) is 2.54. The number of aliphatic hydroxyl groups excluding tert-OH is 4. The third-order valence-electron chi connectivity index (χ3n) is 3.18. The lowest BCUT2D eigenvalue weighted by Gasteiger charge is -2.21. The van der Waals surface area contributed by atoms with Crippen LogP contribution in [0.5, 0.6) is 0 Å². The van der Waals surface area contributed by atoms with E-state index in [-0.39, 0.29) is 13.2 Å². The van der Waals surface area contributed by atoms with Gasteiger partial charge in [-0.05, 0) is 0 Å². The Hall–Kier alpha value is -0.270. The van der Waals surface area contributed by atoms with E-state index in [1.165, 1.54) is 4.90 Å². The standard InChI is InChI=1S/C8H14FNO4/c9-5-4(12)1-10-3(2-11)7(13)8(14)6(5)10/h3-8,11-14H,1-2H2/t3-,4-,5+,6-,7-,8-/m1/s1. The van der Waals surface area contributed by atoms with Crippen LogP contribution in [-0.2, 0) is 0 Å². The van der Waals surface area contributed by atoms with Crippen LogP contribution in [0.3, 0.4) is 0 Å². The highest BCUT2D eigenvalue weighted by atomic mass is 19.1. The highest BCUT2D eigenvalue weighted by Gasteiger charge is 2.56. The first-order chi connectivity index (χ1) is 6.57. The number of rotatable bonds is 1. The zero-order chi connectivity index (χ0) is 10.5. The van der Waals surface area contributed by atoms with Crippen molar-refractivity contribution >= 4 is 0 Å². The van der Waals surface area contributed by atoms with Crippen LogP contribution < -0.4 is 0 Å². The second-order valence-corrected chi connectivity index (χ2v) is 3.93. The van der Waals surface area contributed by atoms with Crippen molar-refractivity contribution in [3.05, 3.63) is 0 Å². The number of hydrogen-bond donors (Lipinski definition) is 4. The summed E-state index contributed by atoms with van der Waals surface area (Å²) in [6, 6.07) is -1.57. The minimum Gasteiger partial charge on any atom is -0.395 e. The van der Waals surface area contributed by atoms with Crippen molar-refractivity contribution in [1.29, 1.82) is 0 Å². The lowest BCUT2D eigenvalue weighted by atomic mass is 10.0. The van der Waals surface area contributed by atoms with Crippen LogP contribution in [0.25, 0.3) is 0 Å². The molecular weight excluding hydrogens is 193 g/mol. The molecule has 2 aliphatic rings. The minimum atomic E-state index is -1.56. The largest absolute Gasteiger partial charge is 0.395 e. The van der Waals surface area contributed by atoms with Gasteiger partial charge < -0.3 is 20.4 Å². The molecule has 0 aromatic carbocycles. The summed E-state index contributed by atoms with van der Waals surface area (Å²) < 4.78 is 13.4. The van der Waals surface area contributed by atoms with Crippen LogP contribution in [-0.4, -0.2) is 75.0 Å². The van der Waals surface area contributed by atoms with E-state index in [4.69, 9.17) is 5.11 Å². The fourth-order valence-corrected chi connectivity index (χ4v) is 2.43. The zero-order valence-corrected chi connectivity index (χ0v) is 7.49. The maximum absolute atomic E-state index is 13.4. The average molecular weight is 207 g/mol. The van der Waals surface area contributed by atoms with Crippen molar-refractivity contribution in [3.63, 3.8) is 0 Å². The second-order valence-electron chi connectivity index (χ2n) is 3.93. The van der Waals surface area contributed by atoms with Crippen LogP contribution >= 0.6 is 0 Å². The molecule has 0 amide bonds. The number of nitrogens with zero attached hydrogens (tertiary/aromatic N) is 1. The van der Waals surface area contributed by atoms with Crippen molar-refractivity contribution in [3.8, 4) is 0 Å². The Bertz CT molecular complexity index is 229. The molecule has 0 radical (unpaired) electrons. The van der Waals surface area contributed by atoms with Crippen LogP contribution in [0.2, 0.25) is 0 Å². The van der Waals surface area contributed by atoms with Gasteiger partial charge in [-0.3, -0.25) is 4.90 Å². The molecule has 2 aliphatic heterocycles. The van der Waals surface area contributed by atoms with E-state index in [1.807, 2.05) is 0 Å². The van der Waals surface area contributed by atoms with E-state index >= 15 is 0 Å². The Labute approximate surface area is 80.4 Å². The molecule has 0 aromatic heterocycles. The summed E-state index contributed by atoms with van der Waals surface area (Å²) in [6.45, 7) is -0.306. The van der Waals surface area contributed by atoms with Crippen LogP contribution in [0.4, 0.5) is 4.39 Å². The van der Waals surface area contributed by atoms with Crippen molar-refractivity contribution in [1.82, 2.24) is 4.90 Å². The monoisotopic (exact) mass is 207 g/mol. The lowest BCUT2D eigenvalue weighted by molar-refractivity contribution is -0.00627. The highest BCUT2D eigenvalue weighted by Crippen LogP contribution is 2.34. The summed E-state index contributed by atoms with van der Waals surface area (Å²) in [5, 5.41) is 37.2. The summed E-state index contributed by atoms with van der Waals surface area (Å²) in [6.07, 6.45) is -5.08. The Morgan fingerprint density at radius 1 is 1.21 bits per heavy atom. The minimum absolute atomic E-state index is 0.0468. The second kappa shape index (κ2) is 3.39. The van der Waals surface area contributed by atoms with E-state index in [1.54, 1.807) is 0 Å². The first kappa shape index (κ1) is 10.3. The van der Waals surface area contributed by atoms with Crippen LogP contribution in [0.1, 0.15) is 0 Å². The van der Waals surface area contributed by atoms with Gasteiger partial charge in [-0.2, -0.15) is 0 Å². The number of halogens is 1. The Balaban J connectivity index is 2.21. The van der Waals surface area contributed by atoms with Crippen molar-refractivity contribution in [2.75, 3.05) is 13.2 Å². The Morgan fingerprint density at radius 2 is 1.86 bits per heavy atom. The van der Waals surface area contributed by atoms with E-state index < -0.39 is 36.6 Å². The van der Waals surface area contributed by atoms with E-state index in [0.717, 1.165) is 0 Å². The molecule has 82 valence electrons. The van der Waals surface area contributed by atoms with Gasteiger partial charge in [-0.15, -0.1) is 0 Å². The molecule has 2 fully saturated rings. The molecule has 0 saturated carbocycles. The Kier molecular flexibility index (Phi) is 2.48. The molecule has 0 bridgehead atoms. The highest BCUT2D eigenvalue weighted by molar-refractivity contribution is 5.09. The third-order valence-corrected chi connectivity index (χ3v) is 3.18. The predicted molar refractivity (Wildman–Crippen MR) is 44.3 cm³/mol. The first-order valence-electron chi connectivity index (χ1n) is 4.62. The van der Waals surface area contributed by atoms with E-state index in [2.05, 4.69) is 0 Å². The molecule has 0 unspecified atom stereocenters. The smallest absolute Gasteiger partial charge is 0.145 e. The van der Waals surface area contributed by atoms with Gasteiger partial charge in [-0.25, -0.2) is 4.39 Å². The molecule has 0 spiro atoms. The van der Waals surface area contributed by atoms with Gasteiger partial charge in [0.25, 0.3) is 0 Å². The number of alkyl halides is 1. The van der Waals surface area contributed by atoms with Crippen molar-refractivity contribution < 1.29 is 24.8 Å². The molecule has 14 heavy (non-hydrogen) atoms. The summed E-state index contributed by atoms with van der Waals surface area (Å²) in [5.41, 5.74) is 0. The molecule has 2 rings (SSSR count). The van der Waals surface area contributed by atoms with Gasteiger partial charge in [0, 0.05) is 6.54 Å². The van der Waals surface area contributed by atoms with Gasteiger partial charge in [0.15, 0.2) is 0 Å². The molecular formula is C8H14FNO4. The summed E-state index contributed by atoms with van der Waals surface area (Å²) in [4.78, 5) is 1.44. The van der Waals surface area contributed by atoms with Crippen molar-refractivity contribution in [2.45, 2.75) is 36.6 Å². The van der Waals surface area contributed by atoms with Gasteiger partial charge >= 0.3 is 0 Å². The van der Waals surface area contributed by atoms with E-state index in [0.29, 0.717) is 0 Å². The van der Waals surface area contributed by atoms with Gasteiger partial charge in [0.1, 0.15) is 6.17 Å². The lowest BCUT2D eigenvalue weighted by Crippen LogP contribution is -2.40. The summed E-state index contributed by atoms with van der Waals surface area (Å²) >= 11 is 0. The van der Waals surface area contributed by atoms with Gasteiger partial charge in [-0.1, -0.05) is 0 Å². The maximum Gasteiger partial charge on any atom is 0.145 e. The molecule has 0 aromatic rings. The SMILES string of the molecule is OC[C@@H]1[C@@H](O)[C@H](O)[C@H]2[C@@H](F)[C@H](O)CN21. The van der Waals surface area contributed by atoms with Crippen LogP contribution in [0.15, 0.2) is 0 Å². The quantitative estimate of drug-likeness (QED) is 0.381. The number of aliphatic hydroxyl groups is 4. The van der Waals surface area contributed by atoms with Gasteiger partial charge in [0.2, 0.25) is 0 Å². The normalized spacial score (nSPS) is 53.8. The molecule has 6 heteroatoms. The first-order valence-corrected chi connectivity index (χ1v) is 4.62. The zero-order valence-electron chi connectivity index (χ0n) is 7.49. The molecule has 2 saturated heterocycles. The van der Waals surface area contributed by atoms with Crippen LogP contribution in [0, 0.1) is 0 Å². The molecule has 5 nitrogen and oxygen atoms in total. The summed E-state index contributed by atoms with van der Waals surface area (Å²) in [7, 11) is 0. The third kappa shape index (κ3) is 1.19. The number of fused-ring (bicyclic) bond motifs is 1. The molecule has 0 aliphatic carbocycles. The van der Waals surface area contributed by atoms with E-state index in [9.17, 15) is 19.7 Å². The fourth-order valence-electron chi connectivity index (χ4n) is 2.43.